The van der Waals surface area contributed by atoms with Gasteiger partial charge in [0.05, 0.1) is 12.1 Å². The molecule has 1 aromatic rings. The van der Waals surface area contributed by atoms with E-state index in [9.17, 15) is 14.7 Å². The van der Waals surface area contributed by atoms with Gasteiger partial charge in [-0.15, -0.1) is 0 Å². The van der Waals surface area contributed by atoms with E-state index in [0.717, 1.165) is 37.7 Å². The van der Waals surface area contributed by atoms with E-state index < -0.39 is 12.0 Å². The zero-order valence-corrected chi connectivity index (χ0v) is 13.6. The second-order valence-electron chi connectivity index (χ2n) is 5.91. The number of aromatic nitrogens is 1. The number of carbonyl (C=O) groups excluding carboxylic acids is 2. The predicted octanol–water partition coefficient (Wildman–Crippen LogP) is 0.155. The zero-order valence-electron chi connectivity index (χ0n) is 13.6. The van der Waals surface area contributed by atoms with Crippen molar-refractivity contribution in [3.8, 4) is 0 Å². The molecule has 7 nitrogen and oxygen atoms in total. The summed E-state index contributed by atoms with van der Waals surface area (Å²) in [6.07, 6.45) is 2.57. The number of hydrogen-bond acceptors (Lipinski definition) is 5. The van der Waals surface area contributed by atoms with Gasteiger partial charge in [-0.2, -0.15) is 0 Å². The Morgan fingerprint density at radius 1 is 1.39 bits per heavy atom. The fourth-order valence-electron chi connectivity index (χ4n) is 2.50. The van der Waals surface area contributed by atoms with Crippen molar-refractivity contribution < 1.29 is 14.7 Å². The number of likely N-dealkylation sites (N-methyl/N-ethyl adjacent to an activating group) is 1. The summed E-state index contributed by atoms with van der Waals surface area (Å²) in [5.41, 5.74) is 0.406. The van der Waals surface area contributed by atoms with Gasteiger partial charge >= 0.3 is 0 Å². The third kappa shape index (κ3) is 4.66. The van der Waals surface area contributed by atoms with Gasteiger partial charge in [0.1, 0.15) is 11.9 Å². The average Bonchev–Trinajstić information content (AvgIpc) is 2.59. The van der Waals surface area contributed by atoms with Crippen LogP contribution in [0.4, 0.5) is 5.82 Å². The quantitative estimate of drug-likeness (QED) is 0.718. The van der Waals surface area contributed by atoms with Crippen LogP contribution in [0, 0.1) is 5.92 Å². The summed E-state index contributed by atoms with van der Waals surface area (Å²) in [6.45, 7) is 4.09. The van der Waals surface area contributed by atoms with E-state index in [-0.39, 0.29) is 12.5 Å². The fraction of sp³-hybridized carbons (Fsp3) is 0.562. The molecule has 1 aromatic heterocycles. The first-order valence-electron chi connectivity index (χ1n) is 7.90. The summed E-state index contributed by atoms with van der Waals surface area (Å²) in [5, 5.41) is 14.3. The summed E-state index contributed by atoms with van der Waals surface area (Å²) in [7, 11) is 1.43. The number of pyridine rings is 1. The summed E-state index contributed by atoms with van der Waals surface area (Å²) in [5.74, 6) is 0.735. The van der Waals surface area contributed by atoms with E-state index in [1.165, 1.54) is 13.2 Å². The lowest BCUT2D eigenvalue weighted by molar-refractivity contribution is -0.128. The normalized spacial score (nSPS) is 16.7. The van der Waals surface area contributed by atoms with E-state index in [4.69, 9.17) is 0 Å². The number of amides is 2. The Morgan fingerprint density at radius 2 is 2.09 bits per heavy atom. The number of carbonyl (C=O) groups is 2. The van der Waals surface area contributed by atoms with Crippen LogP contribution in [-0.2, 0) is 4.79 Å². The van der Waals surface area contributed by atoms with Gasteiger partial charge in [0, 0.05) is 26.3 Å². The maximum atomic E-state index is 12.0. The molecule has 0 bridgehead atoms. The van der Waals surface area contributed by atoms with Gasteiger partial charge in [0.2, 0.25) is 5.91 Å². The molecule has 1 atom stereocenters. The highest BCUT2D eigenvalue weighted by Crippen LogP contribution is 2.21. The molecule has 2 amide bonds. The molecule has 2 rings (SSSR count). The number of aliphatic hydroxyl groups is 1. The maximum absolute atomic E-state index is 12.0. The third-order valence-electron chi connectivity index (χ3n) is 4.12. The lowest BCUT2D eigenvalue weighted by atomic mass is 9.99. The van der Waals surface area contributed by atoms with E-state index in [2.05, 4.69) is 27.4 Å². The van der Waals surface area contributed by atoms with Crippen molar-refractivity contribution >= 4 is 17.6 Å². The summed E-state index contributed by atoms with van der Waals surface area (Å²) < 4.78 is 0. The molecule has 7 heteroatoms. The largest absolute Gasteiger partial charge is 0.381 e. The van der Waals surface area contributed by atoms with E-state index in [0.29, 0.717) is 5.56 Å². The topological polar surface area (TPSA) is 94.6 Å². The van der Waals surface area contributed by atoms with Crippen molar-refractivity contribution in [1.82, 2.24) is 15.6 Å². The van der Waals surface area contributed by atoms with Gasteiger partial charge in [0.25, 0.3) is 5.91 Å². The van der Waals surface area contributed by atoms with Crippen molar-refractivity contribution in [2.24, 2.45) is 5.92 Å². The highest BCUT2D eigenvalue weighted by molar-refractivity contribution is 5.94. The standard InChI is InChI=1S/C16H24N4O3/c1-11-5-7-20(8-6-11)14-4-3-12(9-18-14)15(22)19-10-13(21)16(23)17-2/h3-4,9,11,13,21H,5-8,10H2,1-2H3,(H,17,23)(H,19,22). The van der Waals surface area contributed by atoms with Crippen LogP contribution in [0.3, 0.4) is 0 Å². The Hall–Kier alpha value is -2.15. The number of anilines is 1. The molecule has 23 heavy (non-hydrogen) atoms. The molecular formula is C16H24N4O3. The molecule has 0 spiro atoms. The van der Waals surface area contributed by atoms with Crippen LogP contribution >= 0.6 is 0 Å². The minimum Gasteiger partial charge on any atom is -0.381 e. The second kappa shape index (κ2) is 7.92. The Balaban J connectivity index is 1.89. The number of rotatable bonds is 5. The molecule has 1 aliphatic rings. The molecule has 1 unspecified atom stereocenters. The lowest BCUT2D eigenvalue weighted by Gasteiger charge is -2.31. The van der Waals surface area contributed by atoms with E-state index in [1.54, 1.807) is 6.07 Å². The van der Waals surface area contributed by atoms with Crippen molar-refractivity contribution in [3.05, 3.63) is 23.9 Å². The number of piperidine rings is 1. The molecule has 1 aliphatic heterocycles. The molecule has 3 N–H and O–H groups in total. The summed E-state index contributed by atoms with van der Waals surface area (Å²) in [6, 6.07) is 3.54. The maximum Gasteiger partial charge on any atom is 0.252 e. The molecule has 0 saturated carbocycles. The van der Waals surface area contributed by atoms with Gasteiger partial charge in [-0.1, -0.05) is 6.92 Å². The van der Waals surface area contributed by atoms with Crippen LogP contribution in [0.2, 0.25) is 0 Å². The zero-order chi connectivity index (χ0) is 16.8. The van der Waals surface area contributed by atoms with E-state index in [1.807, 2.05) is 6.07 Å². The molecule has 126 valence electrons. The predicted molar refractivity (Wildman–Crippen MR) is 87.3 cm³/mol. The van der Waals surface area contributed by atoms with Crippen LogP contribution in [-0.4, -0.2) is 54.7 Å². The highest BCUT2D eigenvalue weighted by atomic mass is 16.3. The Bertz CT molecular complexity index is 539. The van der Waals surface area contributed by atoms with Gasteiger partial charge in [-0.25, -0.2) is 4.98 Å². The summed E-state index contributed by atoms with van der Waals surface area (Å²) >= 11 is 0. The minimum absolute atomic E-state index is 0.135. The van der Waals surface area contributed by atoms with Gasteiger partial charge in [-0.3, -0.25) is 9.59 Å². The fourth-order valence-corrected chi connectivity index (χ4v) is 2.50. The first-order valence-corrected chi connectivity index (χ1v) is 7.90. The first kappa shape index (κ1) is 17.2. The number of nitrogens with zero attached hydrogens (tertiary/aromatic N) is 2. The van der Waals surface area contributed by atoms with Crippen molar-refractivity contribution in [2.75, 3.05) is 31.6 Å². The molecule has 1 fully saturated rings. The number of hydrogen-bond donors (Lipinski definition) is 3. The lowest BCUT2D eigenvalue weighted by Crippen LogP contribution is -2.41. The second-order valence-corrected chi connectivity index (χ2v) is 5.91. The SMILES string of the molecule is CNC(=O)C(O)CNC(=O)c1ccc(N2CCC(C)CC2)nc1. The van der Waals surface area contributed by atoms with Crippen LogP contribution in [0.1, 0.15) is 30.1 Å². The van der Waals surface area contributed by atoms with E-state index >= 15 is 0 Å². The van der Waals surface area contributed by atoms with Gasteiger partial charge in [-0.05, 0) is 30.9 Å². The monoisotopic (exact) mass is 320 g/mol. The number of nitrogens with one attached hydrogen (secondary N) is 2. The number of aliphatic hydroxyl groups excluding tert-OH is 1. The van der Waals surface area contributed by atoms with Crippen LogP contribution in [0.25, 0.3) is 0 Å². The molecule has 0 aromatic carbocycles. The molecular weight excluding hydrogens is 296 g/mol. The Morgan fingerprint density at radius 3 is 2.65 bits per heavy atom. The van der Waals surface area contributed by atoms with Gasteiger partial charge < -0.3 is 20.6 Å². The van der Waals surface area contributed by atoms with Crippen LogP contribution < -0.4 is 15.5 Å². The molecule has 1 saturated heterocycles. The molecule has 0 radical (unpaired) electrons. The van der Waals surface area contributed by atoms with Crippen LogP contribution in [0.15, 0.2) is 18.3 Å². The molecule has 2 heterocycles. The smallest absolute Gasteiger partial charge is 0.252 e. The minimum atomic E-state index is -1.26. The van der Waals surface area contributed by atoms with Crippen molar-refractivity contribution in [3.63, 3.8) is 0 Å². The Kier molecular flexibility index (Phi) is 5.92. The summed E-state index contributed by atoms with van der Waals surface area (Å²) in [4.78, 5) is 29.7. The highest BCUT2D eigenvalue weighted by Gasteiger charge is 2.18. The van der Waals surface area contributed by atoms with Crippen molar-refractivity contribution in [1.29, 1.82) is 0 Å². The Labute approximate surface area is 136 Å². The molecule has 0 aliphatic carbocycles. The average molecular weight is 320 g/mol. The third-order valence-corrected chi connectivity index (χ3v) is 4.12. The van der Waals surface area contributed by atoms with Gasteiger partial charge in [0.15, 0.2) is 0 Å². The first-order chi connectivity index (χ1) is 11.0. The van der Waals surface area contributed by atoms with Crippen molar-refractivity contribution in [2.45, 2.75) is 25.9 Å². The van der Waals surface area contributed by atoms with Crippen LogP contribution in [0.5, 0.6) is 0 Å².